The van der Waals surface area contributed by atoms with E-state index in [1.54, 1.807) is 20.8 Å². The van der Waals surface area contributed by atoms with Gasteiger partial charge in [-0.25, -0.2) is 0 Å². The summed E-state index contributed by atoms with van der Waals surface area (Å²) >= 11 is 1.46. The lowest BCUT2D eigenvalue weighted by Crippen LogP contribution is -2.29. The highest BCUT2D eigenvalue weighted by Crippen LogP contribution is 2.48. The number of aryl methyl sites for hydroxylation is 1. The summed E-state index contributed by atoms with van der Waals surface area (Å²) in [7, 11) is -3.64. The Labute approximate surface area is 127 Å². The highest BCUT2D eigenvalue weighted by atomic mass is 32.1. The molecule has 0 unspecified atom stereocenters. The lowest BCUT2D eigenvalue weighted by molar-refractivity contribution is 0.230. The summed E-state index contributed by atoms with van der Waals surface area (Å²) in [4.78, 5) is 16.3. The van der Waals surface area contributed by atoms with Crippen LogP contribution in [0, 0.1) is 6.92 Å². The molecule has 0 aliphatic rings. The molecule has 2 heterocycles. The van der Waals surface area contributed by atoms with Crippen molar-refractivity contribution < 1.29 is 13.6 Å². The van der Waals surface area contributed by atoms with Crippen LogP contribution >= 0.6 is 18.9 Å². The molecule has 2 rings (SSSR count). The first-order valence-corrected chi connectivity index (χ1v) is 9.11. The molecule has 114 valence electrons. The molecule has 0 bridgehead atoms. The van der Waals surface area contributed by atoms with E-state index < -0.39 is 7.60 Å². The van der Waals surface area contributed by atoms with Gasteiger partial charge in [-0.05, 0) is 32.2 Å². The van der Waals surface area contributed by atoms with E-state index in [4.69, 9.17) is 9.05 Å². The third-order valence-electron chi connectivity index (χ3n) is 2.78. The minimum atomic E-state index is -3.64. The maximum absolute atomic E-state index is 13.0. The van der Waals surface area contributed by atoms with Gasteiger partial charge in [0.1, 0.15) is 5.30 Å². The van der Waals surface area contributed by atoms with E-state index >= 15 is 0 Å². The van der Waals surface area contributed by atoms with Gasteiger partial charge in [-0.15, -0.1) is 11.3 Å². The topological polar surface area (TPSA) is 68.4 Å². The van der Waals surface area contributed by atoms with Gasteiger partial charge in [0.2, 0.25) is 0 Å². The zero-order valence-corrected chi connectivity index (χ0v) is 13.9. The SMILES string of the molecule is CCOP(=O)(OCC)c1c(-c2cccs2)[nH]c(C)cc1=O. The van der Waals surface area contributed by atoms with Crippen molar-refractivity contribution in [1.29, 1.82) is 0 Å². The van der Waals surface area contributed by atoms with Gasteiger partial charge >= 0.3 is 7.60 Å². The van der Waals surface area contributed by atoms with Crippen molar-refractivity contribution in [2.45, 2.75) is 20.8 Å². The number of aromatic amines is 1. The summed E-state index contributed by atoms with van der Waals surface area (Å²) in [6.45, 7) is 5.63. The Kier molecular flexibility index (Phi) is 5.17. The Morgan fingerprint density at radius 1 is 1.29 bits per heavy atom. The van der Waals surface area contributed by atoms with Crippen LogP contribution in [0.2, 0.25) is 0 Å². The number of hydrogen-bond acceptors (Lipinski definition) is 5. The highest BCUT2D eigenvalue weighted by molar-refractivity contribution is 7.62. The molecular formula is C14H18NO4PS. The largest absolute Gasteiger partial charge is 0.367 e. The first kappa shape index (κ1) is 16.2. The second-order valence-electron chi connectivity index (χ2n) is 4.35. The van der Waals surface area contributed by atoms with E-state index in [0.717, 1.165) is 4.88 Å². The van der Waals surface area contributed by atoms with Crippen LogP contribution in [0.4, 0.5) is 0 Å². The molecule has 0 radical (unpaired) electrons. The van der Waals surface area contributed by atoms with E-state index in [0.29, 0.717) is 11.4 Å². The van der Waals surface area contributed by atoms with Crippen molar-refractivity contribution in [3.8, 4) is 10.6 Å². The molecule has 7 heteroatoms. The van der Waals surface area contributed by atoms with Gasteiger partial charge in [0.15, 0.2) is 5.43 Å². The minimum absolute atomic E-state index is 0.0826. The van der Waals surface area contributed by atoms with Crippen LogP contribution in [-0.4, -0.2) is 18.2 Å². The normalized spacial score (nSPS) is 11.8. The van der Waals surface area contributed by atoms with Gasteiger partial charge in [0.25, 0.3) is 0 Å². The minimum Gasteiger partial charge on any atom is -0.357 e. The van der Waals surface area contributed by atoms with E-state index in [2.05, 4.69) is 4.98 Å². The van der Waals surface area contributed by atoms with Crippen molar-refractivity contribution >= 4 is 24.2 Å². The molecule has 0 aliphatic carbocycles. The van der Waals surface area contributed by atoms with Crippen molar-refractivity contribution in [3.63, 3.8) is 0 Å². The summed E-state index contributed by atoms with van der Waals surface area (Å²) < 4.78 is 23.7. The van der Waals surface area contributed by atoms with E-state index in [1.807, 2.05) is 17.5 Å². The van der Waals surface area contributed by atoms with Crippen molar-refractivity contribution in [2.75, 3.05) is 13.2 Å². The van der Waals surface area contributed by atoms with Crippen molar-refractivity contribution in [3.05, 3.63) is 39.5 Å². The number of pyridine rings is 1. The standard InChI is InChI=1S/C14H18NO4PS/c1-4-18-20(17,19-5-2)14-11(16)9-10(3)15-13(14)12-7-6-8-21-12/h6-9H,4-5H2,1-3H3,(H,15,16). The molecule has 2 aromatic heterocycles. The highest BCUT2D eigenvalue weighted by Gasteiger charge is 2.34. The Morgan fingerprint density at radius 2 is 1.95 bits per heavy atom. The smallest absolute Gasteiger partial charge is 0.357 e. The summed E-state index contributed by atoms with van der Waals surface area (Å²) in [6, 6.07) is 5.15. The number of H-pyrrole nitrogens is 1. The second kappa shape index (κ2) is 6.71. The molecule has 0 fully saturated rings. The fourth-order valence-electron chi connectivity index (χ4n) is 2.06. The van der Waals surface area contributed by atoms with E-state index in [1.165, 1.54) is 17.4 Å². The number of hydrogen-bond donors (Lipinski definition) is 1. The molecule has 0 aromatic carbocycles. The number of aromatic nitrogens is 1. The van der Waals surface area contributed by atoms with Crippen LogP contribution in [0.1, 0.15) is 19.5 Å². The van der Waals surface area contributed by atoms with Gasteiger partial charge in [0, 0.05) is 11.8 Å². The maximum atomic E-state index is 13.0. The predicted molar refractivity (Wildman–Crippen MR) is 85.6 cm³/mol. The average molecular weight is 327 g/mol. The van der Waals surface area contributed by atoms with Crippen LogP contribution in [0.15, 0.2) is 28.4 Å². The molecule has 21 heavy (non-hydrogen) atoms. The molecule has 0 atom stereocenters. The molecule has 0 aliphatic heterocycles. The van der Waals surface area contributed by atoms with Crippen LogP contribution in [-0.2, 0) is 13.6 Å². The Balaban J connectivity index is 2.72. The summed E-state index contributed by atoms with van der Waals surface area (Å²) in [6.07, 6.45) is 0. The Hall–Kier alpha value is -1.20. The number of thiophene rings is 1. The third kappa shape index (κ3) is 3.35. The first-order valence-electron chi connectivity index (χ1n) is 6.69. The Morgan fingerprint density at radius 3 is 2.48 bits per heavy atom. The van der Waals surface area contributed by atoms with E-state index in [9.17, 15) is 9.36 Å². The molecule has 0 amide bonds. The zero-order chi connectivity index (χ0) is 15.5. The summed E-state index contributed by atoms with van der Waals surface area (Å²) in [5, 5.41) is 1.98. The van der Waals surface area contributed by atoms with E-state index in [-0.39, 0.29) is 23.9 Å². The van der Waals surface area contributed by atoms with Gasteiger partial charge in [-0.1, -0.05) is 6.07 Å². The van der Waals surface area contributed by atoms with Gasteiger partial charge in [0.05, 0.1) is 23.8 Å². The average Bonchev–Trinajstić information content (AvgIpc) is 2.91. The van der Waals surface area contributed by atoms with Crippen molar-refractivity contribution in [1.82, 2.24) is 4.98 Å². The fourth-order valence-corrected chi connectivity index (χ4v) is 4.66. The van der Waals surface area contributed by atoms with Gasteiger partial charge in [-0.2, -0.15) is 0 Å². The Bertz CT molecular complexity index is 698. The molecule has 5 nitrogen and oxygen atoms in total. The second-order valence-corrected chi connectivity index (χ2v) is 7.26. The van der Waals surface area contributed by atoms with Gasteiger partial charge < -0.3 is 14.0 Å². The van der Waals surface area contributed by atoms with Gasteiger partial charge in [-0.3, -0.25) is 9.36 Å². The molecule has 1 N–H and O–H groups in total. The quantitative estimate of drug-likeness (QED) is 0.827. The molecule has 0 saturated carbocycles. The number of rotatable bonds is 6. The summed E-state index contributed by atoms with van der Waals surface area (Å²) in [5.74, 6) is 0. The molecule has 0 saturated heterocycles. The zero-order valence-electron chi connectivity index (χ0n) is 12.2. The monoisotopic (exact) mass is 327 g/mol. The van der Waals surface area contributed by atoms with Crippen LogP contribution in [0.5, 0.6) is 0 Å². The van der Waals surface area contributed by atoms with Crippen LogP contribution in [0.3, 0.4) is 0 Å². The number of nitrogens with one attached hydrogen (secondary N) is 1. The lowest BCUT2D eigenvalue weighted by atomic mass is 10.2. The van der Waals surface area contributed by atoms with Crippen molar-refractivity contribution in [2.24, 2.45) is 0 Å². The summed E-state index contributed by atoms with van der Waals surface area (Å²) in [5.41, 5.74) is 0.881. The molecule has 2 aromatic rings. The predicted octanol–water partition coefficient (Wildman–Crippen LogP) is 3.30. The third-order valence-corrected chi connectivity index (χ3v) is 5.85. The first-order chi connectivity index (χ1) is 10.0. The van der Waals surface area contributed by atoms with Crippen LogP contribution in [0.25, 0.3) is 10.6 Å². The molecule has 0 spiro atoms. The molecular weight excluding hydrogens is 309 g/mol. The fraction of sp³-hybridized carbons (Fsp3) is 0.357. The van der Waals surface area contributed by atoms with Crippen LogP contribution < -0.4 is 10.7 Å². The maximum Gasteiger partial charge on any atom is 0.367 e. The lowest BCUT2D eigenvalue weighted by Gasteiger charge is -2.19.